The van der Waals surface area contributed by atoms with Gasteiger partial charge in [0.15, 0.2) is 12.2 Å². The summed E-state index contributed by atoms with van der Waals surface area (Å²) < 4.78 is 4.95. The largest absolute Gasteiger partial charge is 0.465 e. The second kappa shape index (κ2) is 7.40. The Labute approximate surface area is 181 Å². The first kappa shape index (κ1) is 20.9. The number of amides is 3. The second-order valence-electron chi connectivity index (χ2n) is 8.13. The molecule has 3 heterocycles. The number of esters is 1. The van der Waals surface area contributed by atoms with Crippen molar-refractivity contribution in [3.8, 4) is 0 Å². The molecule has 1 saturated heterocycles. The van der Waals surface area contributed by atoms with Crippen LogP contribution >= 0.6 is 0 Å². The lowest BCUT2D eigenvalue weighted by molar-refractivity contribution is -0.150. The maximum atomic E-state index is 13.4. The van der Waals surface area contributed by atoms with Crippen LogP contribution in [0.5, 0.6) is 0 Å². The van der Waals surface area contributed by atoms with Crippen LogP contribution in [0, 0.1) is 13.8 Å². The van der Waals surface area contributed by atoms with Gasteiger partial charge in [0, 0.05) is 24.1 Å². The minimum absolute atomic E-state index is 0.183. The molecule has 3 amide bonds. The van der Waals surface area contributed by atoms with Gasteiger partial charge in [0.05, 0.1) is 6.61 Å². The van der Waals surface area contributed by atoms with E-state index in [4.69, 9.17) is 9.73 Å². The van der Waals surface area contributed by atoms with Gasteiger partial charge in [-0.1, -0.05) is 6.07 Å². The highest BCUT2D eigenvalue weighted by atomic mass is 16.5. The number of guanidine groups is 1. The first-order valence-corrected chi connectivity index (χ1v) is 10.3. The molecule has 0 aromatic heterocycles. The molecular formula is C22H27N5O4. The quantitative estimate of drug-likeness (QED) is 0.688. The molecular weight excluding hydrogens is 398 g/mol. The zero-order chi connectivity index (χ0) is 22.6. The van der Waals surface area contributed by atoms with Crippen LogP contribution in [0.1, 0.15) is 31.9 Å². The van der Waals surface area contributed by atoms with Gasteiger partial charge in [-0.15, -0.1) is 0 Å². The molecule has 2 atom stereocenters. The predicted octanol–water partition coefficient (Wildman–Crippen LogP) is 2.20. The molecule has 2 unspecified atom stereocenters. The van der Waals surface area contributed by atoms with E-state index in [-0.39, 0.29) is 6.61 Å². The molecule has 0 saturated carbocycles. The predicted molar refractivity (Wildman–Crippen MR) is 115 cm³/mol. The van der Waals surface area contributed by atoms with Crippen molar-refractivity contribution < 1.29 is 19.1 Å². The Morgan fingerprint density at radius 2 is 1.71 bits per heavy atom. The van der Waals surface area contributed by atoms with Crippen molar-refractivity contribution in [2.45, 2.75) is 46.8 Å². The molecule has 0 spiro atoms. The Kier molecular flexibility index (Phi) is 4.99. The summed E-state index contributed by atoms with van der Waals surface area (Å²) >= 11 is 0. The lowest BCUT2D eigenvalue weighted by Crippen LogP contribution is -2.65. The number of anilines is 1. The summed E-state index contributed by atoms with van der Waals surface area (Å²) in [6, 6.07) is 4.96. The van der Waals surface area contributed by atoms with Gasteiger partial charge in [-0.3, -0.25) is 24.3 Å². The second-order valence-corrected chi connectivity index (χ2v) is 8.13. The van der Waals surface area contributed by atoms with Gasteiger partial charge in [0.25, 0.3) is 5.91 Å². The average molecular weight is 425 g/mol. The first-order valence-electron chi connectivity index (χ1n) is 10.3. The van der Waals surface area contributed by atoms with E-state index < -0.39 is 36.7 Å². The summed E-state index contributed by atoms with van der Waals surface area (Å²) in [6.45, 7) is 9.45. The number of benzene rings is 1. The van der Waals surface area contributed by atoms with Crippen LogP contribution < -0.4 is 4.90 Å². The van der Waals surface area contributed by atoms with Gasteiger partial charge < -0.3 is 9.64 Å². The number of carbonyl (C=O) groups is 3. The molecule has 0 N–H and O–H groups in total. The number of hydrogen-bond acceptors (Lipinski definition) is 7. The number of aliphatic imine (C=N–C) groups is 1. The molecule has 1 aromatic carbocycles. The van der Waals surface area contributed by atoms with Crippen molar-refractivity contribution >= 4 is 29.6 Å². The van der Waals surface area contributed by atoms with Crippen molar-refractivity contribution in [3.63, 3.8) is 0 Å². The van der Waals surface area contributed by atoms with E-state index in [0.29, 0.717) is 5.96 Å². The fourth-order valence-electron chi connectivity index (χ4n) is 4.48. The van der Waals surface area contributed by atoms with Crippen molar-refractivity contribution in [3.05, 3.63) is 40.7 Å². The van der Waals surface area contributed by atoms with Crippen LogP contribution in [0.2, 0.25) is 0 Å². The summed E-state index contributed by atoms with van der Waals surface area (Å²) in [5, 5.41) is 0. The summed E-state index contributed by atoms with van der Waals surface area (Å²) in [5.41, 5.74) is 5.06. The number of urea groups is 1. The SMILES string of the molecule is CCOC(=O)CN1C(=O)C2C(N=C3N(c4cc(C)cc(C)c4)C(C)=C(C)N32)N(C)C1=O. The Morgan fingerprint density at radius 1 is 1.06 bits per heavy atom. The third-order valence-corrected chi connectivity index (χ3v) is 5.95. The summed E-state index contributed by atoms with van der Waals surface area (Å²) in [7, 11) is 1.60. The molecule has 31 heavy (non-hydrogen) atoms. The first-order chi connectivity index (χ1) is 14.6. The molecule has 0 bridgehead atoms. The highest BCUT2D eigenvalue weighted by Gasteiger charge is 2.56. The molecule has 164 valence electrons. The van der Waals surface area contributed by atoms with E-state index in [0.717, 1.165) is 33.1 Å². The third kappa shape index (κ3) is 3.15. The zero-order valence-electron chi connectivity index (χ0n) is 18.7. The van der Waals surface area contributed by atoms with Crippen LogP contribution in [0.4, 0.5) is 10.5 Å². The van der Waals surface area contributed by atoms with Gasteiger partial charge in [-0.2, -0.15) is 0 Å². The monoisotopic (exact) mass is 425 g/mol. The van der Waals surface area contributed by atoms with E-state index in [1.165, 1.54) is 4.90 Å². The van der Waals surface area contributed by atoms with Crippen molar-refractivity contribution in [1.29, 1.82) is 0 Å². The van der Waals surface area contributed by atoms with E-state index in [1.807, 2.05) is 37.5 Å². The number of likely N-dealkylation sites (N-methyl/N-ethyl adjacent to an activating group) is 1. The zero-order valence-corrected chi connectivity index (χ0v) is 18.7. The number of carbonyl (C=O) groups excluding carboxylic acids is 3. The molecule has 0 aliphatic carbocycles. The van der Waals surface area contributed by atoms with E-state index in [9.17, 15) is 14.4 Å². The Hall–Kier alpha value is -3.36. The number of fused-ring (bicyclic) bond motifs is 3. The van der Waals surface area contributed by atoms with Crippen LogP contribution in [0.15, 0.2) is 34.6 Å². The van der Waals surface area contributed by atoms with Crippen LogP contribution in [-0.2, 0) is 14.3 Å². The average Bonchev–Trinajstić information content (AvgIpc) is 3.19. The van der Waals surface area contributed by atoms with Crippen LogP contribution in [0.25, 0.3) is 0 Å². The minimum atomic E-state index is -0.724. The van der Waals surface area contributed by atoms with Crippen molar-refractivity contribution in [1.82, 2.24) is 14.7 Å². The van der Waals surface area contributed by atoms with E-state index in [1.54, 1.807) is 14.0 Å². The Morgan fingerprint density at radius 3 is 2.32 bits per heavy atom. The van der Waals surface area contributed by atoms with Crippen molar-refractivity contribution in [2.24, 2.45) is 4.99 Å². The van der Waals surface area contributed by atoms with E-state index in [2.05, 4.69) is 18.2 Å². The molecule has 0 radical (unpaired) electrons. The van der Waals surface area contributed by atoms with Gasteiger partial charge in [-0.05, 0) is 57.9 Å². The maximum absolute atomic E-state index is 13.4. The standard InChI is InChI=1S/C22H27N5O4/c1-7-31-17(28)11-25-20(29)18-19(24(6)22(25)30)23-21-26(14(4)15(5)27(18)21)16-9-12(2)8-13(3)10-16/h8-10,18-19H,7,11H2,1-6H3. The number of rotatable bonds is 4. The van der Waals surface area contributed by atoms with Crippen LogP contribution in [-0.4, -0.2) is 71.0 Å². The van der Waals surface area contributed by atoms with E-state index >= 15 is 0 Å². The molecule has 9 heteroatoms. The summed E-state index contributed by atoms with van der Waals surface area (Å²) in [5.74, 6) is -0.452. The fourth-order valence-corrected chi connectivity index (χ4v) is 4.48. The number of nitrogens with zero attached hydrogens (tertiary/aromatic N) is 5. The maximum Gasteiger partial charge on any atom is 0.328 e. The normalized spacial score (nSPS) is 22.8. The summed E-state index contributed by atoms with van der Waals surface area (Å²) in [4.78, 5) is 49.3. The molecule has 3 aliphatic rings. The number of aryl methyl sites for hydroxylation is 2. The lowest BCUT2D eigenvalue weighted by atomic mass is 10.1. The Bertz CT molecular complexity index is 1030. The molecule has 3 aliphatic heterocycles. The highest BCUT2D eigenvalue weighted by molar-refractivity contribution is 6.11. The minimum Gasteiger partial charge on any atom is -0.465 e. The summed E-state index contributed by atoms with van der Waals surface area (Å²) in [6.07, 6.45) is -0.662. The van der Waals surface area contributed by atoms with Gasteiger partial charge >= 0.3 is 12.0 Å². The fraction of sp³-hybridized carbons (Fsp3) is 0.455. The smallest absolute Gasteiger partial charge is 0.328 e. The van der Waals surface area contributed by atoms with Crippen LogP contribution in [0.3, 0.4) is 0 Å². The molecule has 1 fully saturated rings. The number of allylic oxidation sites excluding steroid dienone is 2. The molecule has 4 rings (SSSR count). The van der Waals surface area contributed by atoms with Gasteiger partial charge in [-0.25, -0.2) is 9.79 Å². The third-order valence-electron chi connectivity index (χ3n) is 5.95. The number of hydrogen-bond donors (Lipinski definition) is 0. The number of imide groups is 1. The molecule has 9 nitrogen and oxygen atoms in total. The lowest BCUT2D eigenvalue weighted by Gasteiger charge is -2.40. The van der Waals surface area contributed by atoms with Crippen molar-refractivity contribution in [2.75, 3.05) is 25.1 Å². The highest BCUT2D eigenvalue weighted by Crippen LogP contribution is 2.40. The topological polar surface area (TPSA) is 85.8 Å². The molecule has 1 aromatic rings. The Balaban J connectivity index is 1.73. The van der Waals surface area contributed by atoms with Gasteiger partial charge in [0.2, 0.25) is 5.96 Å². The van der Waals surface area contributed by atoms with Gasteiger partial charge in [0.1, 0.15) is 6.54 Å². The number of ether oxygens (including phenoxy) is 1.